The molecule has 2 aliphatic rings. The predicted octanol–water partition coefficient (Wildman–Crippen LogP) is 2.13. The monoisotopic (exact) mass is 414 g/mol. The van der Waals surface area contributed by atoms with Gasteiger partial charge in [-0.05, 0) is 29.8 Å². The summed E-state index contributed by atoms with van der Waals surface area (Å²) in [4.78, 5) is 16.2. The van der Waals surface area contributed by atoms with Crippen LogP contribution < -0.4 is 21.7 Å². The Kier molecular flexibility index (Phi) is 5.07. The van der Waals surface area contributed by atoms with Crippen LogP contribution in [0.15, 0.2) is 81.5 Å². The molecule has 0 saturated heterocycles. The smallest absolute Gasteiger partial charge is 0.252 e. The van der Waals surface area contributed by atoms with E-state index in [4.69, 9.17) is 10.3 Å². The normalized spacial score (nSPS) is 20.4. The topological polar surface area (TPSA) is 118 Å². The number of nitrogens with two attached hydrogens (primary N) is 1. The molecule has 31 heavy (non-hydrogen) atoms. The molecule has 0 spiro atoms. The lowest BCUT2D eigenvalue weighted by molar-refractivity contribution is 0.100. The Morgan fingerprint density at radius 3 is 2.90 bits per heavy atom. The third-order valence-corrected chi connectivity index (χ3v) is 5.46. The van der Waals surface area contributed by atoms with Crippen molar-refractivity contribution in [3.05, 3.63) is 88.8 Å². The Balaban J connectivity index is 1.48. The van der Waals surface area contributed by atoms with Crippen molar-refractivity contribution in [3.8, 4) is 0 Å². The van der Waals surface area contributed by atoms with E-state index in [9.17, 15) is 4.79 Å². The first-order chi connectivity index (χ1) is 15.2. The van der Waals surface area contributed by atoms with Crippen LogP contribution in [0.25, 0.3) is 11.0 Å². The van der Waals surface area contributed by atoms with Gasteiger partial charge in [0, 0.05) is 29.4 Å². The highest BCUT2D eigenvalue weighted by atomic mass is 16.5. The Labute approximate surface area is 178 Å². The number of carbonyl (C=O) groups is 1. The third kappa shape index (κ3) is 3.74. The molecule has 0 fully saturated rings. The van der Waals surface area contributed by atoms with Gasteiger partial charge in [-0.25, -0.2) is 0 Å². The molecule has 2 unspecified atom stereocenters. The fourth-order valence-corrected chi connectivity index (χ4v) is 3.92. The predicted molar refractivity (Wildman–Crippen MR) is 118 cm³/mol. The standard InChI is InChI=1S/C23H22N6O2/c24-21(30)16-9-4-8-15-19(29-31-20(15)16)23-27-18-10-5-11-25-13-17(18)22(28-23)26-12-14-6-2-1-3-7-14/h1-11,22-23,26-28H,12-13H2,(H2,24,30). The molecule has 1 amide bonds. The second-order valence-electron chi connectivity index (χ2n) is 7.45. The molecule has 8 heteroatoms. The van der Waals surface area contributed by atoms with E-state index < -0.39 is 5.91 Å². The second kappa shape index (κ2) is 8.17. The zero-order valence-corrected chi connectivity index (χ0v) is 16.7. The molecule has 0 radical (unpaired) electrons. The first-order valence-corrected chi connectivity index (χ1v) is 10.1. The zero-order valence-electron chi connectivity index (χ0n) is 16.7. The highest BCUT2D eigenvalue weighted by molar-refractivity contribution is 6.04. The van der Waals surface area contributed by atoms with Crippen LogP contribution in [-0.4, -0.2) is 30.0 Å². The van der Waals surface area contributed by atoms with Gasteiger partial charge >= 0.3 is 0 Å². The maximum atomic E-state index is 11.8. The summed E-state index contributed by atoms with van der Waals surface area (Å²) in [5.41, 5.74) is 10.1. The van der Waals surface area contributed by atoms with Gasteiger partial charge in [0.25, 0.3) is 5.91 Å². The molecule has 2 atom stereocenters. The molecule has 156 valence electrons. The van der Waals surface area contributed by atoms with Gasteiger partial charge in [0.1, 0.15) is 11.9 Å². The molecular weight excluding hydrogens is 392 g/mol. The molecule has 0 bridgehead atoms. The first kappa shape index (κ1) is 19.2. The van der Waals surface area contributed by atoms with Crippen molar-refractivity contribution in [2.24, 2.45) is 10.7 Å². The molecule has 1 aromatic heterocycles. The zero-order chi connectivity index (χ0) is 21.2. The van der Waals surface area contributed by atoms with E-state index in [0.717, 1.165) is 16.7 Å². The molecular formula is C23H22N6O2. The van der Waals surface area contributed by atoms with Gasteiger partial charge in [0.15, 0.2) is 5.58 Å². The molecule has 5 N–H and O–H groups in total. The average molecular weight is 414 g/mol. The number of benzene rings is 2. The number of nitrogens with zero attached hydrogens (tertiary/aromatic N) is 2. The molecule has 0 saturated carbocycles. The van der Waals surface area contributed by atoms with E-state index >= 15 is 0 Å². The molecule has 5 rings (SSSR count). The van der Waals surface area contributed by atoms with Crippen LogP contribution in [0, 0.1) is 0 Å². The maximum absolute atomic E-state index is 11.8. The van der Waals surface area contributed by atoms with Crippen LogP contribution in [-0.2, 0) is 6.54 Å². The van der Waals surface area contributed by atoms with Crippen molar-refractivity contribution in [2.45, 2.75) is 18.9 Å². The minimum atomic E-state index is -0.547. The summed E-state index contributed by atoms with van der Waals surface area (Å²) in [6, 6.07) is 15.5. The maximum Gasteiger partial charge on any atom is 0.252 e. The van der Waals surface area contributed by atoms with E-state index in [1.165, 1.54) is 5.56 Å². The number of allylic oxidation sites excluding steroid dienone is 2. The van der Waals surface area contributed by atoms with Gasteiger partial charge in [0.05, 0.1) is 18.3 Å². The second-order valence-corrected chi connectivity index (χ2v) is 7.45. The molecule has 8 nitrogen and oxygen atoms in total. The van der Waals surface area contributed by atoms with Crippen molar-refractivity contribution >= 4 is 23.1 Å². The van der Waals surface area contributed by atoms with Gasteiger partial charge in [-0.3, -0.25) is 20.4 Å². The van der Waals surface area contributed by atoms with Crippen molar-refractivity contribution in [1.29, 1.82) is 0 Å². The minimum Gasteiger partial charge on any atom is -0.365 e. The van der Waals surface area contributed by atoms with E-state index in [2.05, 4.69) is 38.2 Å². The summed E-state index contributed by atoms with van der Waals surface area (Å²) >= 11 is 0. The fourth-order valence-electron chi connectivity index (χ4n) is 3.92. The summed E-state index contributed by atoms with van der Waals surface area (Å²) in [5.74, 6) is -0.547. The van der Waals surface area contributed by atoms with Crippen molar-refractivity contribution < 1.29 is 9.32 Å². The average Bonchev–Trinajstić information content (AvgIpc) is 3.08. The third-order valence-electron chi connectivity index (χ3n) is 5.46. The molecule has 0 aliphatic carbocycles. The number of fused-ring (bicyclic) bond motifs is 1. The van der Waals surface area contributed by atoms with Crippen LogP contribution in [0.3, 0.4) is 0 Å². The van der Waals surface area contributed by atoms with Crippen LogP contribution in [0.2, 0.25) is 0 Å². The van der Waals surface area contributed by atoms with Gasteiger partial charge in [0.2, 0.25) is 0 Å². The van der Waals surface area contributed by atoms with Crippen molar-refractivity contribution in [2.75, 3.05) is 6.54 Å². The number of amides is 1. The minimum absolute atomic E-state index is 0.132. The highest BCUT2D eigenvalue weighted by Gasteiger charge is 2.31. The SMILES string of the molecule is NC(=O)c1cccc2c(C3NC4=C(CN=CC=C4)C(NCc4ccccc4)N3)noc12. The number of hydrogen-bond donors (Lipinski definition) is 4. The number of aliphatic imine (C=N–C) groups is 1. The highest BCUT2D eigenvalue weighted by Crippen LogP contribution is 2.29. The van der Waals surface area contributed by atoms with Crippen molar-refractivity contribution in [3.63, 3.8) is 0 Å². The van der Waals surface area contributed by atoms with E-state index in [1.54, 1.807) is 18.3 Å². The number of rotatable bonds is 5. The number of carbonyl (C=O) groups excluding carboxylic acids is 1. The fraction of sp³-hybridized carbons (Fsp3) is 0.174. The number of para-hydroxylation sites is 1. The number of nitrogens with one attached hydrogen (secondary N) is 3. The molecule has 2 aliphatic heterocycles. The van der Waals surface area contributed by atoms with Gasteiger partial charge in [-0.2, -0.15) is 0 Å². The number of primary amides is 1. The summed E-state index contributed by atoms with van der Waals surface area (Å²) in [6.07, 6.45) is 5.26. The van der Waals surface area contributed by atoms with E-state index in [-0.39, 0.29) is 12.3 Å². The summed E-state index contributed by atoms with van der Waals surface area (Å²) in [6.45, 7) is 1.27. The summed E-state index contributed by atoms with van der Waals surface area (Å²) < 4.78 is 5.51. The summed E-state index contributed by atoms with van der Waals surface area (Å²) in [7, 11) is 0. The Morgan fingerprint density at radius 1 is 1.19 bits per heavy atom. The largest absolute Gasteiger partial charge is 0.365 e. The summed E-state index contributed by atoms with van der Waals surface area (Å²) in [5, 5.41) is 15.6. The Bertz CT molecular complexity index is 1210. The quantitative estimate of drug-likeness (QED) is 0.508. The van der Waals surface area contributed by atoms with Crippen LogP contribution >= 0.6 is 0 Å². The number of hydrogen-bond acceptors (Lipinski definition) is 7. The lowest BCUT2D eigenvalue weighted by Gasteiger charge is -2.35. The van der Waals surface area contributed by atoms with Crippen LogP contribution in [0.1, 0.15) is 27.8 Å². The Hall–Kier alpha value is -3.75. The van der Waals surface area contributed by atoms with Crippen molar-refractivity contribution in [1.82, 2.24) is 21.1 Å². The lowest BCUT2D eigenvalue weighted by Crippen LogP contribution is -2.53. The Morgan fingerprint density at radius 2 is 2.06 bits per heavy atom. The van der Waals surface area contributed by atoms with Crippen LogP contribution in [0.5, 0.6) is 0 Å². The van der Waals surface area contributed by atoms with E-state index in [0.29, 0.717) is 29.9 Å². The number of aromatic nitrogens is 1. The molecule has 3 aromatic rings. The van der Waals surface area contributed by atoms with Gasteiger partial charge < -0.3 is 15.6 Å². The molecule has 3 heterocycles. The first-order valence-electron chi connectivity index (χ1n) is 10.1. The molecule has 2 aromatic carbocycles. The van der Waals surface area contributed by atoms with Crippen LogP contribution in [0.4, 0.5) is 0 Å². The van der Waals surface area contributed by atoms with Gasteiger partial charge in [-0.1, -0.05) is 41.6 Å². The van der Waals surface area contributed by atoms with E-state index in [1.807, 2.05) is 36.4 Å². The van der Waals surface area contributed by atoms with Gasteiger partial charge in [-0.15, -0.1) is 0 Å². The lowest BCUT2D eigenvalue weighted by atomic mass is 10.0.